The molecule has 5 rings (SSSR count). The Hall–Kier alpha value is -4.13. The van der Waals surface area contributed by atoms with Gasteiger partial charge in [0, 0.05) is 18.0 Å². The van der Waals surface area contributed by atoms with Crippen LogP contribution in [0.15, 0.2) is 77.5 Å². The Morgan fingerprint density at radius 2 is 1.25 bits per heavy atom. The molecule has 4 aromatic rings. The minimum Gasteiger partial charge on any atom is -0.416 e. The van der Waals surface area contributed by atoms with Gasteiger partial charge in [0.1, 0.15) is 0 Å². The van der Waals surface area contributed by atoms with Crippen molar-refractivity contribution in [2.45, 2.75) is 0 Å². The van der Waals surface area contributed by atoms with Crippen LogP contribution in [0.1, 0.15) is 20.7 Å². The fourth-order valence-corrected chi connectivity index (χ4v) is 3.20. The Balaban J connectivity index is 1.59. The van der Waals surface area contributed by atoms with Crippen molar-refractivity contribution >= 4 is 17.5 Å². The van der Waals surface area contributed by atoms with E-state index in [2.05, 4.69) is 15.2 Å². The third kappa shape index (κ3) is 2.41. The average Bonchev–Trinajstić information content (AvgIpc) is 3.33. The number of carbonyl (C=O) groups is 2. The van der Waals surface area contributed by atoms with E-state index >= 15 is 0 Å². The second-order valence-electron chi connectivity index (χ2n) is 6.16. The zero-order chi connectivity index (χ0) is 19.1. The van der Waals surface area contributed by atoms with Crippen molar-refractivity contribution in [1.29, 1.82) is 0 Å². The van der Waals surface area contributed by atoms with Gasteiger partial charge in [-0.3, -0.25) is 14.6 Å². The number of carbonyl (C=O) groups excluding carboxylic acids is 2. The van der Waals surface area contributed by atoms with Crippen LogP contribution < -0.4 is 4.90 Å². The summed E-state index contributed by atoms with van der Waals surface area (Å²) >= 11 is 0. The van der Waals surface area contributed by atoms with E-state index in [0.29, 0.717) is 28.3 Å². The third-order valence-electron chi connectivity index (χ3n) is 4.52. The van der Waals surface area contributed by atoms with Crippen LogP contribution in [0.3, 0.4) is 0 Å². The van der Waals surface area contributed by atoms with Gasteiger partial charge < -0.3 is 4.42 Å². The zero-order valence-electron chi connectivity index (χ0n) is 14.4. The lowest BCUT2D eigenvalue weighted by Gasteiger charge is -2.16. The summed E-state index contributed by atoms with van der Waals surface area (Å²) in [5.41, 5.74) is 2.39. The van der Waals surface area contributed by atoms with E-state index in [0.717, 1.165) is 10.5 Å². The Kier molecular flexibility index (Phi) is 3.58. The molecule has 1 aliphatic heterocycles. The smallest absolute Gasteiger partial charge is 0.266 e. The first-order valence-electron chi connectivity index (χ1n) is 8.55. The molecular weight excluding hydrogens is 356 g/mol. The molecule has 134 valence electrons. The molecule has 0 radical (unpaired) electrons. The van der Waals surface area contributed by atoms with E-state index in [9.17, 15) is 9.59 Å². The van der Waals surface area contributed by atoms with E-state index in [1.165, 1.54) is 0 Å². The van der Waals surface area contributed by atoms with Crippen LogP contribution in [-0.4, -0.2) is 27.0 Å². The van der Waals surface area contributed by atoms with Crippen LogP contribution in [0.25, 0.3) is 22.9 Å². The van der Waals surface area contributed by atoms with Crippen molar-refractivity contribution in [2.24, 2.45) is 0 Å². The van der Waals surface area contributed by atoms with E-state index in [4.69, 9.17) is 4.42 Å². The van der Waals surface area contributed by atoms with E-state index in [-0.39, 0.29) is 17.7 Å². The molecule has 28 heavy (non-hydrogen) atoms. The van der Waals surface area contributed by atoms with E-state index in [1.54, 1.807) is 73.1 Å². The molecule has 0 fully saturated rings. The highest BCUT2D eigenvalue weighted by atomic mass is 16.4. The standard InChI is InChI=1S/C21H12N4O3/c26-20-14-5-1-2-6-15(14)21(27)25(20)17-8-4-3-7-16(17)19-24-23-18(28-19)13-9-11-22-12-10-13/h1-12H. The highest BCUT2D eigenvalue weighted by molar-refractivity contribution is 6.35. The molecule has 0 unspecified atom stereocenters. The largest absolute Gasteiger partial charge is 0.416 e. The summed E-state index contributed by atoms with van der Waals surface area (Å²) in [6, 6.07) is 17.2. The lowest BCUT2D eigenvalue weighted by molar-refractivity contribution is 0.0926. The number of hydrogen-bond acceptors (Lipinski definition) is 6. The molecule has 1 aliphatic rings. The number of rotatable bonds is 3. The summed E-state index contributed by atoms with van der Waals surface area (Å²) in [7, 11) is 0. The maximum atomic E-state index is 12.8. The van der Waals surface area contributed by atoms with Crippen LogP contribution in [-0.2, 0) is 0 Å². The number of para-hydroxylation sites is 1. The van der Waals surface area contributed by atoms with Gasteiger partial charge in [-0.1, -0.05) is 24.3 Å². The molecule has 2 aromatic heterocycles. The molecule has 0 spiro atoms. The van der Waals surface area contributed by atoms with E-state index < -0.39 is 0 Å². The molecule has 0 N–H and O–H groups in total. The van der Waals surface area contributed by atoms with Crippen molar-refractivity contribution in [2.75, 3.05) is 4.90 Å². The Morgan fingerprint density at radius 3 is 1.93 bits per heavy atom. The number of fused-ring (bicyclic) bond motifs is 1. The number of benzene rings is 2. The topological polar surface area (TPSA) is 89.2 Å². The van der Waals surface area contributed by atoms with Crippen LogP contribution in [0.5, 0.6) is 0 Å². The number of nitrogens with zero attached hydrogens (tertiary/aromatic N) is 4. The van der Waals surface area contributed by atoms with Gasteiger partial charge in [0.05, 0.1) is 22.4 Å². The van der Waals surface area contributed by atoms with Crippen LogP contribution in [0, 0.1) is 0 Å². The second-order valence-corrected chi connectivity index (χ2v) is 6.16. The molecule has 3 heterocycles. The fraction of sp³-hybridized carbons (Fsp3) is 0. The summed E-state index contributed by atoms with van der Waals surface area (Å²) in [6.07, 6.45) is 3.26. The van der Waals surface area contributed by atoms with Gasteiger partial charge in [-0.05, 0) is 36.4 Å². The van der Waals surface area contributed by atoms with Gasteiger partial charge in [0.25, 0.3) is 11.8 Å². The van der Waals surface area contributed by atoms with Gasteiger partial charge >= 0.3 is 0 Å². The van der Waals surface area contributed by atoms with Crippen LogP contribution in [0.2, 0.25) is 0 Å². The number of hydrogen-bond donors (Lipinski definition) is 0. The Bertz CT molecular complexity index is 1180. The Morgan fingerprint density at radius 1 is 0.679 bits per heavy atom. The van der Waals surface area contributed by atoms with Crippen molar-refractivity contribution in [1.82, 2.24) is 15.2 Å². The van der Waals surface area contributed by atoms with Crippen molar-refractivity contribution in [3.63, 3.8) is 0 Å². The minimum atomic E-state index is -0.373. The van der Waals surface area contributed by atoms with Crippen LogP contribution in [0.4, 0.5) is 5.69 Å². The summed E-state index contributed by atoms with van der Waals surface area (Å²) in [5.74, 6) is -0.197. The number of pyridine rings is 1. The summed E-state index contributed by atoms with van der Waals surface area (Å²) in [4.78, 5) is 30.8. The average molecular weight is 368 g/mol. The third-order valence-corrected chi connectivity index (χ3v) is 4.52. The van der Waals surface area contributed by atoms with Gasteiger partial charge in [-0.15, -0.1) is 10.2 Å². The number of aromatic nitrogens is 3. The lowest BCUT2D eigenvalue weighted by atomic mass is 10.1. The predicted octanol–water partition coefficient (Wildman–Crippen LogP) is 3.60. The summed E-state index contributed by atoms with van der Waals surface area (Å²) < 4.78 is 5.80. The maximum Gasteiger partial charge on any atom is 0.266 e. The summed E-state index contributed by atoms with van der Waals surface area (Å²) in [6.45, 7) is 0. The second kappa shape index (κ2) is 6.24. The number of imide groups is 1. The first-order valence-corrected chi connectivity index (χ1v) is 8.55. The molecule has 0 aliphatic carbocycles. The fourth-order valence-electron chi connectivity index (χ4n) is 3.20. The number of anilines is 1. The van der Waals surface area contributed by atoms with Crippen molar-refractivity contribution in [3.05, 3.63) is 84.2 Å². The monoisotopic (exact) mass is 368 g/mol. The van der Waals surface area contributed by atoms with Gasteiger partial charge in [-0.2, -0.15) is 0 Å². The molecule has 2 aromatic carbocycles. The quantitative estimate of drug-likeness (QED) is 0.513. The molecule has 7 nitrogen and oxygen atoms in total. The molecule has 0 bridgehead atoms. The van der Waals surface area contributed by atoms with Crippen molar-refractivity contribution in [3.8, 4) is 22.9 Å². The van der Waals surface area contributed by atoms with E-state index in [1.807, 2.05) is 0 Å². The zero-order valence-corrected chi connectivity index (χ0v) is 14.4. The Labute approximate surface area is 159 Å². The van der Waals surface area contributed by atoms with Gasteiger partial charge in [-0.25, -0.2) is 4.90 Å². The maximum absolute atomic E-state index is 12.8. The lowest BCUT2D eigenvalue weighted by Crippen LogP contribution is -2.29. The molecule has 0 saturated carbocycles. The van der Waals surface area contributed by atoms with Gasteiger partial charge in [0.2, 0.25) is 11.8 Å². The molecule has 2 amide bonds. The minimum absolute atomic E-state index is 0.221. The first-order chi connectivity index (χ1) is 13.7. The molecule has 0 saturated heterocycles. The predicted molar refractivity (Wildman–Crippen MR) is 101 cm³/mol. The highest BCUT2D eigenvalue weighted by Gasteiger charge is 2.37. The highest BCUT2D eigenvalue weighted by Crippen LogP contribution is 2.36. The molecule has 0 atom stereocenters. The van der Waals surface area contributed by atoms with Gasteiger partial charge in [0.15, 0.2) is 0 Å². The first kappa shape index (κ1) is 16.1. The SMILES string of the molecule is O=C1c2ccccc2C(=O)N1c1ccccc1-c1nnc(-c2ccncc2)o1. The molecular formula is C21H12N4O3. The summed E-state index contributed by atoms with van der Waals surface area (Å²) in [5, 5.41) is 8.18. The number of amides is 2. The normalized spacial score (nSPS) is 13.1. The van der Waals surface area contributed by atoms with Crippen molar-refractivity contribution < 1.29 is 14.0 Å². The molecule has 7 heteroatoms. The van der Waals surface area contributed by atoms with Crippen LogP contribution >= 0.6 is 0 Å².